The first-order chi connectivity index (χ1) is 10.6. The average Bonchev–Trinajstić information content (AvgIpc) is 2.84. The minimum atomic E-state index is -0.702. The lowest BCUT2D eigenvalue weighted by atomic mass is 9.65. The summed E-state index contributed by atoms with van der Waals surface area (Å²) in [5, 5.41) is 11.3. The number of aliphatic hydroxyl groups is 1. The number of ether oxygens (including phenoxy) is 1. The Hall–Kier alpha value is -1.61. The van der Waals surface area contributed by atoms with Crippen LogP contribution in [0.15, 0.2) is 42.5 Å². The lowest BCUT2D eigenvalue weighted by Gasteiger charge is -2.43. The maximum absolute atomic E-state index is 11.7. The summed E-state index contributed by atoms with van der Waals surface area (Å²) >= 11 is 0. The molecule has 1 spiro atoms. The summed E-state index contributed by atoms with van der Waals surface area (Å²) in [5.74, 6) is -0.326. The van der Waals surface area contributed by atoms with Crippen LogP contribution in [0.2, 0.25) is 0 Å². The van der Waals surface area contributed by atoms with Crippen molar-refractivity contribution in [1.29, 1.82) is 0 Å². The van der Waals surface area contributed by atoms with E-state index in [4.69, 9.17) is 4.74 Å². The molecule has 3 rings (SSSR count). The largest absolute Gasteiger partial charge is 0.469 e. The topological polar surface area (TPSA) is 46.5 Å². The number of hydrogen-bond donors (Lipinski definition) is 1. The second-order valence-electron chi connectivity index (χ2n) is 6.73. The Labute approximate surface area is 132 Å². The van der Waals surface area contributed by atoms with Gasteiger partial charge in [-0.25, -0.2) is 0 Å². The van der Waals surface area contributed by atoms with E-state index in [1.165, 1.54) is 12.7 Å². The van der Waals surface area contributed by atoms with Crippen LogP contribution in [-0.4, -0.2) is 23.8 Å². The third-order valence-electron chi connectivity index (χ3n) is 5.53. The normalized spacial score (nSPS) is 34.0. The molecule has 0 aromatic heterocycles. The summed E-state index contributed by atoms with van der Waals surface area (Å²) in [4.78, 5) is 11.7. The van der Waals surface area contributed by atoms with Gasteiger partial charge in [-0.15, -0.1) is 0 Å². The molecule has 3 nitrogen and oxygen atoms in total. The Kier molecular flexibility index (Phi) is 4.09. The quantitative estimate of drug-likeness (QED) is 0.688. The average molecular weight is 300 g/mol. The fourth-order valence-electron chi connectivity index (χ4n) is 4.21. The van der Waals surface area contributed by atoms with E-state index < -0.39 is 5.60 Å². The molecule has 0 saturated heterocycles. The smallest absolute Gasteiger partial charge is 0.312 e. The Bertz CT molecular complexity index is 565. The second kappa shape index (κ2) is 5.88. The second-order valence-corrected chi connectivity index (χ2v) is 6.73. The molecule has 3 atom stereocenters. The van der Waals surface area contributed by atoms with Crippen LogP contribution in [-0.2, 0) is 16.0 Å². The van der Waals surface area contributed by atoms with Crippen molar-refractivity contribution < 1.29 is 14.6 Å². The van der Waals surface area contributed by atoms with Gasteiger partial charge in [-0.2, -0.15) is 0 Å². The van der Waals surface area contributed by atoms with Crippen LogP contribution in [0, 0.1) is 11.3 Å². The van der Waals surface area contributed by atoms with E-state index in [9.17, 15) is 9.90 Å². The number of rotatable bonds is 3. The van der Waals surface area contributed by atoms with Crippen LogP contribution >= 0.6 is 0 Å². The predicted molar refractivity (Wildman–Crippen MR) is 85.3 cm³/mol. The van der Waals surface area contributed by atoms with Crippen molar-refractivity contribution in [3.8, 4) is 0 Å². The lowest BCUT2D eigenvalue weighted by Crippen LogP contribution is -2.46. The molecule has 0 bridgehead atoms. The first-order valence-corrected chi connectivity index (χ1v) is 8.12. The summed E-state index contributed by atoms with van der Waals surface area (Å²) in [5.41, 5.74) is 0.286. The van der Waals surface area contributed by atoms with Crippen molar-refractivity contribution in [2.75, 3.05) is 7.11 Å². The van der Waals surface area contributed by atoms with Gasteiger partial charge in [0, 0.05) is 11.8 Å². The fourth-order valence-corrected chi connectivity index (χ4v) is 4.21. The van der Waals surface area contributed by atoms with Crippen molar-refractivity contribution in [2.24, 2.45) is 11.3 Å². The molecule has 1 fully saturated rings. The van der Waals surface area contributed by atoms with E-state index in [2.05, 4.69) is 18.2 Å². The number of carbonyl (C=O) groups is 1. The van der Waals surface area contributed by atoms with Gasteiger partial charge in [0.1, 0.15) is 0 Å². The van der Waals surface area contributed by atoms with E-state index in [1.807, 2.05) is 24.3 Å². The zero-order valence-corrected chi connectivity index (χ0v) is 13.1. The number of methoxy groups -OCH3 is 1. The van der Waals surface area contributed by atoms with Crippen molar-refractivity contribution in [3.05, 3.63) is 48.0 Å². The maximum atomic E-state index is 11.7. The molecule has 3 heteroatoms. The Morgan fingerprint density at radius 1 is 1.27 bits per heavy atom. The van der Waals surface area contributed by atoms with Gasteiger partial charge < -0.3 is 9.84 Å². The van der Waals surface area contributed by atoms with Gasteiger partial charge in [0.25, 0.3) is 0 Å². The molecular formula is C19H24O3. The Morgan fingerprint density at radius 3 is 2.68 bits per heavy atom. The van der Waals surface area contributed by atoms with Gasteiger partial charge in [-0.05, 0) is 37.7 Å². The van der Waals surface area contributed by atoms with Crippen molar-refractivity contribution in [3.63, 3.8) is 0 Å². The highest BCUT2D eigenvalue weighted by atomic mass is 16.5. The summed E-state index contributed by atoms with van der Waals surface area (Å²) < 4.78 is 4.84. The molecule has 0 amide bonds. The minimum absolute atomic E-state index is 0.155. The molecule has 2 aliphatic rings. The van der Waals surface area contributed by atoms with Gasteiger partial charge in [-0.1, -0.05) is 42.5 Å². The molecule has 2 aliphatic carbocycles. The van der Waals surface area contributed by atoms with Crippen molar-refractivity contribution >= 4 is 5.97 Å². The molecule has 0 radical (unpaired) electrons. The molecule has 1 N–H and O–H groups in total. The van der Waals surface area contributed by atoms with E-state index in [1.54, 1.807) is 0 Å². The molecule has 0 heterocycles. The van der Waals surface area contributed by atoms with Gasteiger partial charge in [0.05, 0.1) is 18.6 Å². The van der Waals surface area contributed by atoms with Crippen LogP contribution in [0.3, 0.4) is 0 Å². The monoisotopic (exact) mass is 300 g/mol. The van der Waals surface area contributed by atoms with Crippen LogP contribution in [0.5, 0.6) is 0 Å². The van der Waals surface area contributed by atoms with E-state index in [0.717, 1.165) is 32.1 Å². The Balaban J connectivity index is 1.82. The van der Waals surface area contributed by atoms with Crippen LogP contribution in [0.4, 0.5) is 0 Å². The van der Waals surface area contributed by atoms with E-state index in [0.29, 0.717) is 6.42 Å². The van der Waals surface area contributed by atoms with Gasteiger partial charge in [0.15, 0.2) is 0 Å². The highest BCUT2D eigenvalue weighted by molar-refractivity contribution is 5.74. The zero-order chi connectivity index (χ0) is 15.6. The van der Waals surface area contributed by atoms with Gasteiger partial charge >= 0.3 is 5.97 Å². The molecular weight excluding hydrogens is 276 g/mol. The minimum Gasteiger partial charge on any atom is -0.469 e. The van der Waals surface area contributed by atoms with Crippen molar-refractivity contribution in [2.45, 2.75) is 44.1 Å². The van der Waals surface area contributed by atoms with Crippen LogP contribution in [0.25, 0.3) is 0 Å². The summed E-state index contributed by atoms with van der Waals surface area (Å²) in [7, 11) is 1.43. The zero-order valence-electron chi connectivity index (χ0n) is 13.1. The Morgan fingerprint density at radius 2 is 2.05 bits per heavy atom. The van der Waals surface area contributed by atoms with Crippen molar-refractivity contribution in [1.82, 2.24) is 0 Å². The third kappa shape index (κ3) is 2.58. The summed E-state index contributed by atoms with van der Waals surface area (Å²) in [6, 6.07) is 10.2. The van der Waals surface area contributed by atoms with Gasteiger partial charge in [0.2, 0.25) is 0 Å². The number of esters is 1. The predicted octanol–water partition coefficient (Wildman–Crippen LogP) is 3.27. The van der Waals surface area contributed by atoms with Crippen LogP contribution in [0.1, 0.15) is 37.7 Å². The highest BCUT2D eigenvalue weighted by Gasteiger charge is 2.53. The SMILES string of the molecule is COC(=O)[C@@H]1C=C[C@@]2(CCC[C@]2(O)Cc2ccccc2)CC1. The molecule has 0 unspecified atom stereocenters. The van der Waals surface area contributed by atoms with Crippen LogP contribution < -0.4 is 0 Å². The molecule has 22 heavy (non-hydrogen) atoms. The number of carbonyl (C=O) groups excluding carboxylic acids is 1. The fraction of sp³-hybridized carbons (Fsp3) is 0.526. The molecule has 0 aliphatic heterocycles. The van der Waals surface area contributed by atoms with E-state index in [-0.39, 0.29) is 17.3 Å². The van der Waals surface area contributed by atoms with E-state index >= 15 is 0 Å². The van der Waals surface area contributed by atoms with Gasteiger partial charge in [-0.3, -0.25) is 4.79 Å². The first-order valence-electron chi connectivity index (χ1n) is 8.12. The molecule has 1 aromatic rings. The third-order valence-corrected chi connectivity index (χ3v) is 5.53. The molecule has 118 valence electrons. The maximum Gasteiger partial charge on any atom is 0.312 e. The highest BCUT2D eigenvalue weighted by Crippen LogP contribution is 2.54. The lowest BCUT2D eigenvalue weighted by molar-refractivity contribution is -0.144. The molecule has 1 aromatic carbocycles. The standard InChI is InChI=1S/C19H24O3/c1-22-17(20)16-8-12-18(13-9-16)10-5-11-19(18,21)14-15-6-3-2-4-7-15/h2-4,6-8,12,16,21H,5,9-11,13-14H2,1H3/t16-,18+,19+/m1/s1. The summed E-state index contributed by atoms with van der Waals surface area (Å²) in [6.07, 6.45) is 9.23. The first kappa shape index (κ1) is 15.3. The number of benzene rings is 1. The summed E-state index contributed by atoms with van der Waals surface area (Å²) in [6.45, 7) is 0. The molecule has 1 saturated carbocycles. The number of hydrogen-bond acceptors (Lipinski definition) is 3.